The van der Waals surface area contributed by atoms with E-state index in [2.05, 4.69) is 26.7 Å². The highest BCUT2D eigenvalue weighted by atomic mass is 35.5. The van der Waals surface area contributed by atoms with Crippen LogP contribution in [0.15, 0.2) is 11.2 Å². The summed E-state index contributed by atoms with van der Waals surface area (Å²) in [6, 6.07) is 1.81. The number of piperazine rings is 1. The van der Waals surface area contributed by atoms with Crippen molar-refractivity contribution in [3.8, 4) is 0 Å². The highest BCUT2D eigenvalue weighted by molar-refractivity contribution is 7.99. The summed E-state index contributed by atoms with van der Waals surface area (Å²) in [4.78, 5) is 27.7. The Hall–Kier alpha value is -1.05. The molecule has 1 aromatic heterocycles. The van der Waals surface area contributed by atoms with Crippen molar-refractivity contribution < 1.29 is 4.79 Å². The average Bonchev–Trinajstić information content (AvgIpc) is 3.14. The van der Waals surface area contributed by atoms with Crippen molar-refractivity contribution in [1.82, 2.24) is 19.8 Å². The van der Waals surface area contributed by atoms with Gasteiger partial charge >= 0.3 is 0 Å². The van der Waals surface area contributed by atoms with Gasteiger partial charge in [-0.25, -0.2) is 9.97 Å². The monoisotopic (exact) mass is 369 g/mol. The van der Waals surface area contributed by atoms with Gasteiger partial charge in [-0.3, -0.25) is 4.79 Å². The van der Waals surface area contributed by atoms with Crippen LogP contribution in [0.2, 0.25) is 5.15 Å². The quantitative estimate of drug-likeness (QED) is 0.449. The van der Waals surface area contributed by atoms with Gasteiger partial charge in [0, 0.05) is 45.3 Å². The van der Waals surface area contributed by atoms with Crippen LogP contribution in [-0.2, 0) is 4.79 Å². The Morgan fingerprint density at radius 1 is 1.17 bits per heavy atom. The standard InChI is InChI=1S/C16H24ClN5OS/c1-2-20-7-9-22(10-8-20)15(23)12-24-16-18-13(17)11-14(19-16)21-5-3-4-6-21/h11H,2-10,12H2,1H3. The van der Waals surface area contributed by atoms with Crippen molar-refractivity contribution in [2.75, 3.05) is 56.5 Å². The first kappa shape index (κ1) is 17.8. The number of aromatic nitrogens is 2. The van der Waals surface area contributed by atoms with Gasteiger partial charge in [0.1, 0.15) is 11.0 Å². The molecule has 1 amide bonds. The molecule has 0 bridgehead atoms. The zero-order valence-corrected chi connectivity index (χ0v) is 15.7. The van der Waals surface area contributed by atoms with Gasteiger partial charge in [0.25, 0.3) is 0 Å². The number of anilines is 1. The first-order valence-corrected chi connectivity index (χ1v) is 9.94. The zero-order chi connectivity index (χ0) is 16.9. The van der Waals surface area contributed by atoms with E-state index in [0.29, 0.717) is 16.1 Å². The van der Waals surface area contributed by atoms with Crippen LogP contribution in [0.3, 0.4) is 0 Å². The van der Waals surface area contributed by atoms with Crippen LogP contribution >= 0.6 is 23.4 Å². The van der Waals surface area contributed by atoms with Crippen molar-refractivity contribution in [2.24, 2.45) is 0 Å². The summed E-state index contributed by atoms with van der Waals surface area (Å²) in [5, 5.41) is 1.03. The van der Waals surface area contributed by atoms with E-state index in [1.165, 1.54) is 24.6 Å². The molecule has 0 spiro atoms. The van der Waals surface area contributed by atoms with E-state index in [4.69, 9.17) is 11.6 Å². The predicted octanol–water partition coefficient (Wildman–Crippen LogP) is 1.99. The number of carbonyl (C=O) groups excluding carboxylic acids is 1. The van der Waals surface area contributed by atoms with Gasteiger partial charge in [-0.1, -0.05) is 30.3 Å². The molecule has 0 aliphatic carbocycles. The van der Waals surface area contributed by atoms with Crippen molar-refractivity contribution in [1.29, 1.82) is 0 Å². The highest BCUT2D eigenvalue weighted by Gasteiger charge is 2.21. The summed E-state index contributed by atoms with van der Waals surface area (Å²) in [6.45, 7) is 8.76. The molecule has 0 radical (unpaired) electrons. The molecule has 2 saturated heterocycles. The molecular formula is C16H24ClN5OS. The minimum absolute atomic E-state index is 0.155. The molecular weight excluding hydrogens is 346 g/mol. The van der Waals surface area contributed by atoms with Crippen molar-refractivity contribution >= 4 is 35.1 Å². The van der Waals surface area contributed by atoms with E-state index >= 15 is 0 Å². The molecule has 2 fully saturated rings. The van der Waals surface area contributed by atoms with Crippen LogP contribution in [0.25, 0.3) is 0 Å². The number of rotatable bonds is 5. The van der Waals surface area contributed by atoms with Gasteiger partial charge in [0.2, 0.25) is 5.91 Å². The number of hydrogen-bond donors (Lipinski definition) is 0. The van der Waals surface area contributed by atoms with E-state index < -0.39 is 0 Å². The first-order valence-electron chi connectivity index (χ1n) is 8.58. The second kappa shape index (κ2) is 8.36. The van der Waals surface area contributed by atoms with Crippen LogP contribution in [0.5, 0.6) is 0 Å². The van der Waals surface area contributed by atoms with Crippen molar-refractivity contribution in [3.05, 3.63) is 11.2 Å². The highest BCUT2D eigenvalue weighted by Crippen LogP contribution is 2.24. The fraction of sp³-hybridized carbons (Fsp3) is 0.688. The van der Waals surface area contributed by atoms with Crippen molar-refractivity contribution in [2.45, 2.75) is 24.9 Å². The molecule has 132 valence electrons. The summed E-state index contributed by atoms with van der Waals surface area (Å²) in [7, 11) is 0. The molecule has 0 atom stereocenters. The molecule has 24 heavy (non-hydrogen) atoms. The van der Waals surface area contributed by atoms with Crippen LogP contribution in [0.4, 0.5) is 5.82 Å². The SMILES string of the molecule is CCN1CCN(C(=O)CSc2nc(Cl)cc(N3CCCC3)n2)CC1. The third kappa shape index (κ3) is 4.52. The van der Waals surface area contributed by atoms with E-state index in [1.54, 1.807) is 0 Å². The summed E-state index contributed by atoms with van der Waals surface area (Å²) >= 11 is 7.51. The predicted molar refractivity (Wildman–Crippen MR) is 97.9 cm³/mol. The molecule has 6 nitrogen and oxygen atoms in total. The van der Waals surface area contributed by atoms with E-state index in [9.17, 15) is 4.79 Å². The molecule has 3 rings (SSSR count). The largest absolute Gasteiger partial charge is 0.356 e. The second-order valence-corrected chi connectivity index (χ2v) is 7.46. The smallest absolute Gasteiger partial charge is 0.233 e. The van der Waals surface area contributed by atoms with Gasteiger partial charge in [-0.15, -0.1) is 0 Å². The Morgan fingerprint density at radius 2 is 1.88 bits per heavy atom. The maximum atomic E-state index is 12.4. The van der Waals surface area contributed by atoms with Crippen LogP contribution < -0.4 is 4.90 Å². The number of nitrogens with zero attached hydrogens (tertiary/aromatic N) is 5. The molecule has 0 saturated carbocycles. The Balaban J connectivity index is 1.55. The number of hydrogen-bond acceptors (Lipinski definition) is 6. The molecule has 2 aliphatic rings. The van der Waals surface area contributed by atoms with Gasteiger partial charge in [-0.05, 0) is 19.4 Å². The fourth-order valence-corrected chi connectivity index (χ4v) is 4.07. The summed E-state index contributed by atoms with van der Waals surface area (Å²) in [5.74, 6) is 1.40. The molecule has 0 N–H and O–H groups in total. The summed E-state index contributed by atoms with van der Waals surface area (Å²) in [5.41, 5.74) is 0. The van der Waals surface area contributed by atoms with E-state index in [-0.39, 0.29) is 5.91 Å². The maximum Gasteiger partial charge on any atom is 0.233 e. The summed E-state index contributed by atoms with van der Waals surface area (Å²) in [6.07, 6.45) is 2.37. The molecule has 0 aromatic carbocycles. The Morgan fingerprint density at radius 3 is 2.54 bits per heavy atom. The average molecular weight is 370 g/mol. The molecule has 1 aromatic rings. The minimum Gasteiger partial charge on any atom is -0.356 e. The number of thioether (sulfide) groups is 1. The Bertz CT molecular complexity index is 574. The third-order valence-corrected chi connectivity index (χ3v) is 5.61. The summed E-state index contributed by atoms with van der Waals surface area (Å²) < 4.78 is 0. The molecule has 2 aliphatic heterocycles. The number of likely N-dealkylation sites (N-methyl/N-ethyl adjacent to an activating group) is 1. The third-order valence-electron chi connectivity index (χ3n) is 4.59. The lowest BCUT2D eigenvalue weighted by Gasteiger charge is -2.34. The van der Waals surface area contributed by atoms with Gasteiger partial charge in [0.05, 0.1) is 5.75 Å². The van der Waals surface area contributed by atoms with Gasteiger partial charge in [0.15, 0.2) is 5.16 Å². The normalized spacial score (nSPS) is 19.1. The number of carbonyl (C=O) groups is 1. The molecule has 8 heteroatoms. The van der Waals surface area contributed by atoms with E-state index in [1.807, 2.05) is 11.0 Å². The second-order valence-electron chi connectivity index (χ2n) is 6.13. The first-order chi connectivity index (χ1) is 11.7. The van der Waals surface area contributed by atoms with Crippen molar-refractivity contribution in [3.63, 3.8) is 0 Å². The minimum atomic E-state index is 0.155. The van der Waals surface area contributed by atoms with Crippen LogP contribution in [0.1, 0.15) is 19.8 Å². The molecule has 0 unspecified atom stereocenters. The van der Waals surface area contributed by atoms with Crippen LogP contribution in [0, 0.1) is 0 Å². The Labute approximate surface area is 152 Å². The lowest BCUT2D eigenvalue weighted by atomic mass is 10.3. The lowest BCUT2D eigenvalue weighted by Crippen LogP contribution is -2.49. The van der Waals surface area contributed by atoms with Gasteiger partial charge < -0.3 is 14.7 Å². The number of amides is 1. The number of halogens is 1. The fourth-order valence-electron chi connectivity index (χ4n) is 3.09. The zero-order valence-electron chi connectivity index (χ0n) is 14.1. The van der Waals surface area contributed by atoms with Gasteiger partial charge in [-0.2, -0.15) is 0 Å². The van der Waals surface area contributed by atoms with Crippen LogP contribution in [-0.4, -0.2) is 77.2 Å². The maximum absolute atomic E-state index is 12.4. The van der Waals surface area contributed by atoms with E-state index in [0.717, 1.165) is 51.6 Å². The Kier molecular flexibility index (Phi) is 6.19. The molecule has 3 heterocycles. The lowest BCUT2D eigenvalue weighted by molar-refractivity contribution is -0.130. The topological polar surface area (TPSA) is 52.6 Å².